The van der Waals surface area contributed by atoms with E-state index < -0.39 is 11.9 Å². The first-order valence-electron chi connectivity index (χ1n) is 10.8. The van der Waals surface area contributed by atoms with Gasteiger partial charge in [-0.05, 0) is 47.7 Å². The van der Waals surface area contributed by atoms with E-state index in [4.69, 9.17) is 9.47 Å². The van der Waals surface area contributed by atoms with Crippen LogP contribution in [-0.2, 0) is 9.59 Å². The van der Waals surface area contributed by atoms with Gasteiger partial charge in [-0.15, -0.1) is 0 Å². The Morgan fingerprint density at radius 1 is 1.03 bits per heavy atom. The van der Waals surface area contributed by atoms with Crippen LogP contribution >= 0.6 is 0 Å². The van der Waals surface area contributed by atoms with Crippen LogP contribution in [0.5, 0.6) is 11.5 Å². The molecule has 33 heavy (non-hydrogen) atoms. The van der Waals surface area contributed by atoms with Gasteiger partial charge in [0.2, 0.25) is 5.91 Å². The molecule has 1 atom stereocenters. The lowest BCUT2D eigenvalue weighted by atomic mass is 9.69. The van der Waals surface area contributed by atoms with Crippen molar-refractivity contribution in [2.24, 2.45) is 5.41 Å². The predicted molar refractivity (Wildman–Crippen MR) is 123 cm³/mol. The second-order valence-electron chi connectivity index (χ2n) is 9.26. The third-order valence-corrected chi connectivity index (χ3v) is 6.30. The molecule has 0 saturated carbocycles. The molecule has 172 valence electrons. The number of rotatable bonds is 5. The van der Waals surface area contributed by atoms with Gasteiger partial charge in [0.1, 0.15) is 0 Å². The summed E-state index contributed by atoms with van der Waals surface area (Å²) in [6.07, 6.45) is 1.01. The molecule has 0 spiro atoms. The van der Waals surface area contributed by atoms with Crippen LogP contribution in [0.25, 0.3) is 0 Å². The highest BCUT2D eigenvalue weighted by Gasteiger charge is 2.44. The molecule has 1 unspecified atom stereocenters. The van der Waals surface area contributed by atoms with Crippen LogP contribution in [0.15, 0.2) is 53.7 Å². The summed E-state index contributed by atoms with van der Waals surface area (Å²) in [7, 11) is 3.10. The van der Waals surface area contributed by atoms with Crippen LogP contribution < -0.4 is 14.4 Å². The Kier molecular flexibility index (Phi) is 5.74. The van der Waals surface area contributed by atoms with E-state index in [0.29, 0.717) is 41.3 Å². The van der Waals surface area contributed by atoms with Crippen LogP contribution in [0.4, 0.5) is 5.69 Å². The summed E-state index contributed by atoms with van der Waals surface area (Å²) in [6, 6.07) is 11.7. The molecule has 0 aromatic heterocycles. The quantitative estimate of drug-likeness (QED) is 0.719. The molecule has 0 bridgehead atoms. The van der Waals surface area contributed by atoms with E-state index in [1.807, 2.05) is 26.0 Å². The van der Waals surface area contributed by atoms with E-state index in [1.54, 1.807) is 32.4 Å². The monoisotopic (exact) mass is 449 g/mol. The fourth-order valence-electron chi connectivity index (χ4n) is 4.85. The van der Waals surface area contributed by atoms with Gasteiger partial charge in [-0.1, -0.05) is 26.0 Å². The molecule has 0 saturated heterocycles. The first-order chi connectivity index (χ1) is 15.6. The van der Waals surface area contributed by atoms with Crippen LogP contribution in [0.3, 0.4) is 0 Å². The number of amides is 1. The van der Waals surface area contributed by atoms with Gasteiger partial charge in [-0.3, -0.25) is 14.5 Å². The van der Waals surface area contributed by atoms with Crippen LogP contribution in [-0.4, -0.2) is 37.0 Å². The fourth-order valence-corrected chi connectivity index (χ4v) is 4.85. The standard InChI is InChI=1S/C26H27NO6/c1-26(2)13-19-24(20(28)14-26)18(15-8-9-21(32-3)22(11-15)33-4)12-23(29)27(19)17-7-5-6-16(10-17)25(30)31/h5-11,18H,12-14H2,1-4H3,(H,30,31). The number of ketones is 1. The van der Waals surface area contributed by atoms with Crippen LogP contribution in [0.1, 0.15) is 54.9 Å². The Morgan fingerprint density at radius 3 is 2.42 bits per heavy atom. The maximum Gasteiger partial charge on any atom is 0.335 e. The maximum atomic E-state index is 13.5. The van der Waals surface area contributed by atoms with E-state index in [1.165, 1.54) is 17.0 Å². The zero-order valence-corrected chi connectivity index (χ0v) is 19.2. The number of carbonyl (C=O) groups is 3. The van der Waals surface area contributed by atoms with Crippen molar-refractivity contribution in [1.82, 2.24) is 0 Å². The third kappa shape index (κ3) is 4.11. The number of ether oxygens (including phenoxy) is 2. The van der Waals surface area contributed by atoms with Crippen LogP contribution in [0.2, 0.25) is 0 Å². The number of nitrogens with zero attached hydrogens (tertiary/aromatic N) is 1. The van der Waals surface area contributed by atoms with Crippen molar-refractivity contribution >= 4 is 23.3 Å². The zero-order valence-electron chi connectivity index (χ0n) is 19.2. The lowest BCUT2D eigenvalue weighted by Gasteiger charge is -2.43. The Labute approximate surface area is 192 Å². The van der Waals surface area contributed by atoms with E-state index in [9.17, 15) is 19.5 Å². The second-order valence-corrected chi connectivity index (χ2v) is 9.26. The number of carboxylic acid groups (broad SMARTS) is 1. The molecule has 0 radical (unpaired) electrons. The highest BCUT2D eigenvalue weighted by Crippen LogP contribution is 2.49. The molecule has 1 amide bonds. The summed E-state index contributed by atoms with van der Waals surface area (Å²) in [5.74, 6) is -0.548. The summed E-state index contributed by atoms with van der Waals surface area (Å²) >= 11 is 0. The van der Waals surface area contributed by atoms with Gasteiger partial charge < -0.3 is 14.6 Å². The van der Waals surface area contributed by atoms with Crippen molar-refractivity contribution in [3.8, 4) is 11.5 Å². The van der Waals surface area contributed by atoms with Crippen LogP contribution in [0, 0.1) is 5.41 Å². The number of aromatic carboxylic acids is 1. The Morgan fingerprint density at radius 2 is 1.76 bits per heavy atom. The molecule has 1 aliphatic carbocycles. The van der Waals surface area contributed by atoms with Gasteiger partial charge in [-0.2, -0.15) is 0 Å². The van der Waals surface area contributed by atoms with Crippen molar-refractivity contribution in [2.45, 2.75) is 39.0 Å². The Hall–Kier alpha value is -3.61. The summed E-state index contributed by atoms with van der Waals surface area (Å²) in [5.41, 5.74) is 2.30. The van der Waals surface area contributed by atoms with Gasteiger partial charge in [0.25, 0.3) is 0 Å². The molecule has 4 rings (SSSR count). The SMILES string of the molecule is COc1ccc(C2CC(=O)N(c3cccc(C(=O)O)c3)C3=C2C(=O)CC(C)(C)C3)cc1OC. The summed E-state index contributed by atoms with van der Waals surface area (Å²) < 4.78 is 10.8. The number of hydrogen-bond acceptors (Lipinski definition) is 5. The first-order valence-corrected chi connectivity index (χ1v) is 10.8. The molecule has 7 nitrogen and oxygen atoms in total. The molecule has 1 N–H and O–H groups in total. The number of carbonyl (C=O) groups excluding carboxylic acids is 2. The number of carboxylic acids is 1. The zero-order chi connectivity index (χ0) is 23.9. The summed E-state index contributed by atoms with van der Waals surface area (Å²) in [5, 5.41) is 9.42. The maximum absolute atomic E-state index is 13.5. The van der Waals surface area contributed by atoms with Crippen molar-refractivity contribution in [3.05, 3.63) is 64.9 Å². The lowest BCUT2D eigenvalue weighted by molar-refractivity contribution is -0.121. The topological polar surface area (TPSA) is 93.1 Å². The minimum Gasteiger partial charge on any atom is -0.493 e. The number of Topliss-reactive ketones (excluding diaryl/α,β-unsaturated/α-hetero) is 1. The average Bonchev–Trinajstić information content (AvgIpc) is 2.77. The third-order valence-electron chi connectivity index (χ3n) is 6.30. The predicted octanol–water partition coefficient (Wildman–Crippen LogP) is 4.57. The van der Waals surface area contributed by atoms with Gasteiger partial charge in [0.15, 0.2) is 17.3 Å². The number of anilines is 1. The van der Waals surface area contributed by atoms with E-state index in [2.05, 4.69) is 0 Å². The van der Waals surface area contributed by atoms with E-state index in [0.717, 1.165) is 5.56 Å². The molecule has 7 heteroatoms. The Bertz CT molecular complexity index is 1180. The van der Waals surface area contributed by atoms with Crippen molar-refractivity contribution < 1.29 is 29.0 Å². The van der Waals surface area contributed by atoms with E-state index in [-0.39, 0.29) is 29.1 Å². The van der Waals surface area contributed by atoms with Crippen molar-refractivity contribution in [3.63, 3.8) is 0 Å². The normalized spacial score (nSPS) is 19.9. The number of hydrogen-bond donors (Lipinski definition) is 1. The second kappa shape index (κ2) is 8.39. The summed E-state index contributed by atoms with van der Waals surface area (Å²) in [4.78, 5) is 40.0. The van der Waals surface area contributed by atoms with Crippen molar-refractivity contribution in [2.75, 3.05) is 19.1 Å². The number of methoxy groups -OCH3 is 2. The van der Waals surface area contributed by atoms with E-state index >= 15 is 0 Å². The molecule has 2 aromatic rings. The minimum atomic E-state index is -1.07. The Balaban J connectivity index is 1.89. The molecular formula is C26H27NO6. The molecule has 2 aliphatic rings. The van der Waals surface area contributed by atoms with Gasteiger partial charge in [0, 0.05) is 35.7 Å². The molecule has 0 fully saturated rings. The highest BCUT2D eigenvalue weighted by molar-refractivity contribution is 6.08. The molecule has 2 aromatic carbocycles. The minimum absolute atomic E-state index is 0.00734. The molecule has 1 aliphatic heterocycles. The number of benzene rings is 2. The summed E-state index contributed by atoms with van der Waals surface area (Å²) in [6.45, 7) is 4.01. The van der Waals surface area contributed by atoms with Gasteiger partial charge in [-0.25, -0.2) is 4.79 Å². The molecular weight excluding hydrogens is 422 g/mol. The smallest absolute Gasteiger partial charge is 0.335 e. The molecule has 1 heterocycles. The first kappa shape index (κ1) is 22.6. The van der Waals surface area contributed by atoms with Gasteiger partial charge in [0.05, 0.1) is 19.8 Å². The van der Waals surface area contributed by atoms with Gasteiger partial charge >= 0.3 is 5.97 Å². The largest absolute Gasteiger partial charge is 0.493 e. The average molecular weight is 450 g/mol. The highest BCUT2D eigenvalue weighted by atomic mass is 16.5. The van der Waals surface area contributed by atoms with Crippen molar-refractivity contribution in [1.29, 1.82) is 0 Å². The fraction of sp³-hybridized carbons (Fsp3) is 0.346. The number of allylic oxidation sites excluding steroid dienone is 2. The lowest BCUT2D eigenvalue weighted by Crippen LogP contribution is -2.43.